The average molecular weight is 368 g/mol. The summed E-state index contributed by atoms with van der Waals surface area (Å²) >= 11 is 9.38. The van der Waals surface area contributed by atoms with Crippen LogP contribution in [0.1, 0.15) is 34.7 Å². The number of hydrogen-bond acceptors (Lipinski definition) is 1. The van der Waals surface area contributed by atoms with E-state index in [-0.39, 0.29) is 11.9 Å². The molecule has 0 radical (unpaired) electrons. The topological polar surface area (TPSA) is 25.2 Å². The minimum absolute atomic E-state index is 0.0381. The van der Waals surface area contributed by atoms with Gasteiger partial charge in [-0.25, -0.2) is 0 Å². The molecule has 5 heteroatoms. The Kier molecular flexibility index (Phi) is 3.84. The number of nitrogens with zero attached hydrogens (tertiary/aromatic N) is 2. The van der Waals surface area contributed by atoms with E-state index in [9.17, 15) is 4.79 Å². The first-order valence-corrected chi connectivity index (χ1v) is 8.08. The summed E-state index contributed by atoms with van der Waals surface area (Å²) in [5.41, 5.74) is 3.09. The van der Waals surface area contributed by atoms with E-state index in [1.54, 1.807) is 18.2 Å². The van der Waals surface area contributed by atoms with Gasteiger partial charge in [0.05, 0.1) is 11.6 Å². The molecule has 1 aliphatic rings. The SMILES string of the molecule is Cc1ccc2n1CCN(C(=O)c1ccc(Cl)cc1Br)C2C. The van der Waals surface area contributed by atoms with Gasteiger partial charge in [-0.05, 0) is 60.1 Å². The van der Waals surface area contributed by atoms with Gasteiger partial charge in [0.1, 0.15) is 0 Å². The first kappa shape index (κ1) is 14.7. The second-order valence-electron chi connectivity index (χ2n) is 5.35. The predicted octanol–water partition coefficient (Wildman–Crippen LogP) is 4.43. The molecule has 3 rings (SSSR count). The van der Waals surface area contributed by atoms with E-state index >= 15 is 0 Å². The van der Waals surface area contributed by atoms with E-state index in [4.69, 9.17) is 11.6 Å². The van der Waals surface area contributed by atoms with Crippen LogP contribution in [0.15, 0.2) is 34.8 Å². The standard InChI is InChI=1S/C16H16BrClN2O/c1-10-3-6-15-11(2)20(8-7-19(10)15)16(21)13-5-4-12(18)9-14(13)17/h3-6,9,11H,7-8H2,1-2H3. The van der Waals surface area contributed by atoms with Crippen molar-refractivity contribution in [2.45, 2.75) is 26.4 Å². The molecule has 1 aromatic carbocycles. The highest BCUT2D eigenvalue weighted by Gasteiger charge is 2.29. The fraction of sp³-hybridized carbons (Fsp3) is 0.312. The summed E-state index contributed by atoms with van der Waals surface area (Å²) in [7, 11) is 0. The molecule has 0 saturated heterocycles. The fourth-order valence-electron chi connectivity index (χ4n) is 2.92. The maximum absolute atomic E-state index is 12.8. The van der Waals surface area contributed by atoms with Gasteiger partial charge in [-0.2, -0.15) is 0 Å². The molecule has 0 N–H and O–H groups in total. The molecular weight excluding hydrogens is 352 g/mol. The third-order valence-electron chi connectivity index (χ3n) is 4.12. The summed E-state index contributed by atoms with van der Waals surface area (Å²) in [5, 5.41) is 0.620. The number of aromatic nitrogens is 1. The zero-order valence-electron chi connectivity index (χ0n) is 11.9. The number of carbonyl (C=O) groups is 1. The molecule has 2 aromatic rings. The van der Waals surface area contributed by atoms with Crippen molar-refractivity contribution in [2.75, 3.05) is 6.54 Å². The number of carbonyl (C=O) groups excluding carboxylic acids is 1. The number of fused-ring (bicyclic) bond motifs is 1. The number of aryl methyl sites for hydroxylation is 1. The summed E-state index contributed by atoms with van der Waals surface area (Å²) < 4.78 is 3.02. The summed E-state index contributed by atoms with van der Waals surface area (Å²) in [5.74, 6) is 0.0381. The molecule has 0 bridgehead atoms. The number of benzene rings is 1. The van der Waals surface area contributed by atoms with E-state index in [1.807, 2.05) is 4.90 Å². The number of hydrogen-bond donors (Lipinski definition) is 0. The van der Waals surface area contributed by atoms with E-state index in [0.29, 0.717) is 10.6 Å². The van der Waals surface area contributed by atoms with E-state index in [0.717, 1.165) is 17.6 Å². The van der Waals surface area contributed by atoms with Crippen LogP contribution in [0, 0.1) is 6.92 Å². The highest BCUT2D eigenvalue weighted by molar-refractivity contribution is 9.10. The summed E-state index contributed by atoms with van der Waals surface area (Å²) in [4.78, 5) is 14.7. The molecule has 1 unspecified atom stereocenters. The van der Waals surface area contributed by atoms with Crippen LogP contribution in [0.3, 0.4) is 0 Å². The fourth-order valence-corrected chi connectivity index (χ4v) is 3.77. The first-order chi connectivity index (χ1) is 9.99. The molecule has 0 spiro atoms. The monoisotopic (exact) mass is 366 g/mol. The lowest BCUT2D eigenvalue weighted by atomic mass is 10.1. The predicted molar refractivity (Wildman–Crippen MR) is 87.8 cm³/mol. The Balaban J connectivity index is 1.93. The van der Waals surface area contributed by atoms with Crippen LogP contribution in [-0.4, -0.2) is 21.9 Å². The second kappa shape index (κ2) is 5.50. The molecule has 0 fully saturated rings. The number of rotatable bonds is 1. The molecule has 110 valence electrons. The lowest BCUT2D eigenvalue weighted by Gasteiger charge is -2.35. The van der Waals surface area contributed by atoms with E-state index in [2.05, 4.69) is 46.5 Å². The van der Waals surface area contributed by atoms with Gasteiger partial charge >= 0.3 is 0 Å². The Hall–Kier alpha value is -1.26. The van der Waals surface area contributed by atoms with Gasteiger partial charge in [0, 0.05) is 34.0 Å². The minimum Gasteiger partial charge on any atom is -0.345 e. The van der Waals surface area contributed by atoms with Crippen molar-refractivity contribution in [3.8, 4) is 0 Å². The van der Waals surface area contributed by atoms with Crippen LogP contribution in [0.25, 0.3) is 0 Å². The molecule has 21 heavy (non-hydrogen) atoms. The molecule has 2 heterocycles. The lowest BCUT2D eigenvalue weighted by molar-refractivity contribution is 0.0642. The van der Waals surface area contributed by atoms with Crippen molar-refractivity contribution < 1.29 is 4.79 Å². The Bertz CT molecular complexity index is 710. The van der Waals surface area contributed by atoms with Crippen LogP contribution in [0.2, 0.25) is 5.02 Å². The van der Waals surface area contributed by atoms with Crippen molar-refractivity contribution in [3.63, 3.8) is 0 Å². The van der Waals surface area contributed by atoms with Crippen LogP contribution >= 0.6 is 27.5 Å². The normalized spacial score (nSPS) is 17.7. The van der Waals surface area contributed by atoms with Crippen molar-refractivity contribution in [1.29, 1.82) is 0 Å². The van der Waals surface area contributed by atoms with Gasteiger partial charge in [0.2, 0.25) is 0 Å². The van der Waals surface area contributed by atoms with Crippen molar-refractivity contribution in [3.05, 3.63) is 56.8 Å². The Labute approximate surface area is 137 Å². The largest absolute Gasteiger partial charge is 0.345 e. The quantitative estimate of drug-likeness (QED) is 0.732. The highest BCUT2D eigenvalue weighted by atomic mass is 79.9. The number of halogens is 2. The van der Waals surface area contributed by atoms with Gasteiger partial charge in [0.15, 0.2) is 0 Å². The Morgan fingerprint density at radius 2 is 2.05 bits per heavy atom. The maximum atomic E-state index is 12.8. The third kappa shape index (κ3) is 2.51. The van der Waals surface area contributed by atoms with Crippen molar-refractivity contribution >= 4 is 33.4 Å². The van der Waals surface area contributed by atoms with Crippen molar-refractivity contribution in [1.82, 2.24) is 9.47 Å². The molecule has 1 aliphatic heterocycles. The molecule has 3 nitrogen and oxygen atoms in total. The highest BCUT2D eigenvalue weighted by Crippen LogP contribution is 2.30. The molecule has 1 aromatic heterocycles. The maximum Gasteiger partial charge on any atom is 0.255 e. The molecule has 1 amide bonds. The Morgan fingerprint density at radius 1 is 1.29 bits per heavy atom. The van der Waals surface area contributed by atoms with Crippen LogP contribution < -0.4 is 0 Å². The summed E-state index contributed by atoms with van der Waals surface area (Å²) in [6.07, 6.45) is 0. The lowest BCUT2D eigenvalue weighted by Crippen LogP contribution is -2.41. The zero-order chi connectivity index (χ0) is 15.1. The summed E-state index contributed by atoms with van der Waals surface area (Å²) in [6, 6.07) is 9.58. The van der Waals surface area contributed by atoms with Crippen LogP contribution in [0.5, 0.6) is 0 Å². The smallest absolute Gasteiger partial charge is 0.255 e. The summed E-state index contributed by atoms with van der Waals surface area (Å²) in [6.45, 7) is 5.74. The first-order valence-electron chi connectivity index (χ1n) is 6.91. The van der Waals surface area contributed by atoms with Gasteiger partial charge in [0.25, 0.3) is 5.91 Å². The average Bonchev–Trinajstić information content (AvgIpc) is 2.81. The van der Waals surface area contributed by atoms with E-state index in [1.165, 1.54) is 11.4 Å². The number of amides is 1. The van der Waals surface area contributed by atoms with Crippen LogP contribution in [-0.2, 0) is 6.54 Å². The van der Waals surface area contributed by atoms with Gasteiger partial charge in [-0.1, -0.05) is 11.6 Å². The molecule has 1 atom stereocenters. The van der Waals surface area contributed by atoms with Crippen LogP contribution in [0.4, 0.5) is 0 Å². The Morgan fingerprint density at radius 3 is 2.76 bits per heavy atom. The van der Waals surface area contributed by atoms with Gasteiger partial charge in [-0.15, -0.1) is 0 Å². The minimum atomic E-state index is 0.0381. The molecular formula is C16H16BrClN2O. The molecule has 0 aliphatic carbocycles. The zero-order valence-corrected chi connectivity index (χ0v) is 14.3. The van der Waals surface area contributed by atoms with Gasteiger partial charge in [-0.3, -0.25) is 4.79 Å². The van der Waals surface area contributed by atoms with Crippen molar-refractivity contribution in [2.24, 2.45) is 0 Å². The second-order valence-corrected chi connectivity index (χ2v) is 6.64. The van der Waals surface area contributed by atoms with E-state index < -0.39 is 0 Å². The van der Waals surface area contributed by atoms with Gasteiger partial charge < -0.3 is 9.47 Å². The molecule has 0 saturated carbocycles. The third-order valence-corrected chi connectivity index (χ3v) is 5.01.